The van der Waals surface area contributed by atoms with Crippen LogP contribution in [0, 0.1) is 0 Å². The highest BCUT2D eigenvalue weighted by Gasteiger charge is 2.31. The summed E-state index contributed by atoms with van der Waals surface area (Å²) in [4.78, 5) is 23.7. The first-order valence-electron chi connectivity index (χ1n) is 7.62. The molecule has 8 heteroatoms. The number of ether oxygens (including phenoxy) is 2. The Morgan fingerprint density at radius 1 is 1.04 bits per heavy atom. The van der Waals surface area contributed by atoms with Crippen LogP contribution in [0.2, 0.25) is 0 Å². The summed E-state index contributed by atoms with van der Waals surface area (Å²) in [6.45, 7) is 1.28. The van der Waals surface area contributed by atoms with Gasteiger partial charge in [0, 0.05) is 0 Å². The molecular formula is C18H16F3NO4. The van der Waals surface area contributed by atoms with E-state index in [9.17, 15) is 22.8 Å². The van der Waals surface area contributed by atoms with Crippen molar-refractivity contribution in [3.8, 4) is 5.75 Å². The molecule has 0 saturated carbocycles. The molecule has 1 N–H and O–H groups in total. The van der Waals surface area contributed by atoms with E-state index in [2.05, 4.69) is 10.1 Å². The molecule has 0 radical (unpaired) electrons. The van der Waals surface area contributed by atoms with Crippen LogP contribution in [0.25, 0.3) is 0 Å². The number of nitrogens with one attached hydrogen (secondary N) is 1. The number of hydrogen-bond acceptors (Lipinski definition) is 4. The monoisotopic (exact) mass is 367 g/mol. The van der Waals surface area contributed by atoms with E-state index >= 15 is 0 Å². The van der Waals surface area contributed by atoms with Crippen molar-refractivity contribution in [3.05, 3.63) is 65.7 Å². The van der Waals surface area contributed by atoms with Crippen molar-refractivity contribution in [2.24, 2.45) is 0 Å². The van der Waals surface area contributed by atoms with E-state index in [0.717, 1.165) is 29.8 Å². The maximum Gasteiger partial charge on any atom is 0.573 e. The largest absolute Gasteiger partial charge is 0.573 e. The zero-order valence-corrected chi connectivity index (χ0v) is 13.7. The van der Waals surface area contributed by atoms with Gasteiger partial charge in [-0.3, -0.25) is 4.79 Å². The van der Waals surface area contributed by atoms with Gasteiger partial charge in [-0.2, -0.15) is 0 Å². The topological polar surface area (TPSA) is 64.6 Å². The predicted octanol–water partition coefficient (Wildman–Crippen LogP) is 3.62. The Kier molecular flexibility index (Phi) is 6.21. The van der Waals surface area contributed by atoms with Gasteiger partial charge >= 0.3 is 12.3 Å². The van der Waals surface area contributed by atoms with Crippen LogP contribution in [0.5, 0.6) is 5.75 Å². The summed E-state index contributed by atoms with van der Waals surface area (Å²) in [5.74, 6) is -1.78. The van der Waals surface area contributed by atoms with Crippen LogP contribution >= 0.6 is 0 Å². The van der Waals surface area contributed by atoms with Gasteiger partial charge < -0.3 is 14.8 Å². The molecule has 0 aliphatic carbocycles. The van der Waals surface area contributed by atoms with E-state index in [1.807, 2.05) is 30.3 Å². The Hall–Kier alpha value is -3.03. The molecule has 0 heterocycles. The molecular weight excluding hydrogens is 351 g/mol. The summed E-state index contributed by atoms with van der Waals surface area (Å²) >= 11 is 0. The van der Waals surface area contributed by atoms with Crippen molar-refractivity contribution in [2.75, 3.05) is 6.61 Å². The van der Waals surface area contributed by atoms with Gasteiger partial charge in [0.2, 0.25) is 0 Å². The minimum atomic E-state index is -4.81. The molecule has 0 aliphatic rings. The van der Waals surface area contributed by atoms with Gasteiger partial charge in [0.1, 0.15) is 5.75 Å². The third kappa shape index (κ3) is 6.12. The van der Waals surface area contributed by atoms with E-state index < -0.39 is 30.6 Å². The molecule has 0 aromatic heterocycles. The van der Waals surface area contributed by atoms with Crippen LogP contribution in [0.15, 0.2) is 54.6 Å². The van der Waals surface area contributed by atoms with Crippen LogP contribution in [0.1, 0.15) is 28.9 Å². The van der Waals surface area contributed by atoms with Crippen LogP contribution in [0.4, 0.5) is 13.2 Å². The van der Waals surface area contributed by atoms with Crippen molar-refractivity contribution >= 4 is 11.9 Å². The average Bonchev–Trinajstić information content (AvgIpc) is 2.59. The standard InChI is InChI=1S/C18H16F3NO4/c1-12(13-5-3-2-4-6-13)22-16(23)11-25-17(24)14-7-9-15(10-8-14)26-18(19,20)21/h2-10,12H,11H2,1H3,(H,22,23)/t12-/m0/s1. The minimum Gasteiger partial charge on any atom is -0.452 e. The summed E-state index contributed by atoms with van der Waals surface area (Å²) in [5, 5.41) is 2.68. The minimum absolute atomic E-state index is 0.00318. The Morgan fingerprint density at radius 3 is 2.23 bits per heavy atom. The van der Waals surface area contributed by atoms with Crippen molar-refractivity contribution in [3.63, 3.8) is 0 Å². The van der Waals surface area contributed by atoms with E-state index in [1.54, 1.807) is 6.92 Å². The van der Waals surface area contributed by atoms with Gasteiger partial charge in [-0.1, -0.05) is 30.3 Å². The highest BCUT2D eigenvalue weighted by atomic mass is 19.4. The highest BCUT2D eigenvalue weighted by molar-refractivity contribution is 5.91. The molecule has 0 fully saturated rings. The van der Waals surface area contributed by atoms with Gasteiger partial charge in [0.05, 0.1) is 11.6 Å². The third-order valence-corrected chi connectivity index (χ3v) is 3.34. The molecule has 0 saturated heterocycles. The first-order valence-corrected chi connectivity index (χ1v) is 7.62. The Labute approximate surface area is 147 Å². The van der Waals surface area contributed by atoms with Crippen molar-refractivity contribution < 1.29 is 32.2 Å². The van der Waals surface area contributed by atoms with Gasteiger partial charge in [-0.25, -0.2) is 4.79 Å². The second-order valence-electron chi connectivity index (χ2n) is 5.35. The number of carbonyl (C=O) groups excluding carboxylic acids is 2. The molecule has 1 atom stereocenters. The fourth-order valence-electron chi connectivity index (χ4n) is 2.12. The molecule has 0 unspecified atom stereocenters. The lowest BCUT2D eigenvalue weighted by Crippen LogP contribution is -2.31. The number of alkyl halides is 3. The van der Waals surface area contributed by atoms with E-state index in [0.29, 0.717) is 0 Å². The maximum absolute atomic E-state index is 12.1. The second kappa shape index (κ2) is 8.37. The fourth-order valence-corrected chi connectivity index (χ4v) is 2.12. The van der Waals surface area contributed by atoms with Crippen LogP contribution < -0.4 is 10.1 Å². The summed E-state index contributed by atoms with van der Waals surface area (Å²) in [7, 11) is 0. The van der Waals surface area contributed by atoms with Crippen LogP contribution in [-0.2, 0) is 9.53 Å². The van der Waals surface area contributed by atoms with Crippen molar-refractivity contribution in [1.29, 1.82) is 0 Å². The summed E-state index contributed by atoms with van der Waals surface area (Å²) in [6, 6.07) is 13.2. The fraction of sp³-hybridized carbons (Fsp3) is 0.222. The van der Waals surface area contributed by atoms with E-state index in [-0.39, 0.29) is 11.6 Å². The quantitative estimate of drug-likeness (QED) is 0.792. The molecule has 0 bridgehead atoms. The number of amides is 1. The molecule has 2 aromatic rings. The lowest BCUT2D eigenvalue weighted by atomic mass is 10.1. The first kappa shape index (κ1) is 19.3. The number of benzene rings is 2. The van der Waals surface area contributed by atoms with E-state index in [4.69, 9.17) is 4.74 Å². The molecule has 0 spiro atoms. The molecule has 5 nitrogen and oxygen atoms in total. The highest BCUT2D eigenvalue weighted by Crippen LogP contribution is 2.22. The van der Waals surface area contributed by atoms with Crippen LogP contribution in [-0.4, -0.2) is 24.8 Å². The number of halogens is 3. The predicted molar refractivity (Wildman–Crippen MR) is 86.4 cm³/mol. The van der Waals surface area contributed by atoms with E-state index in [1.165, 1.54) is 0 Å². The molecule has 2 rings (SSSR count). The first-order chi connectivity index (χ1) is 12.2. The third-order valence-electron chi connectivity index (χ3n) is 3.34. The van der Waals surface area contributed by atoms with Gasteiger partial charge in [-0.05, 0) is 36.8 Å². The Balaban J connectivity index is 1.83. The number of hydrogen-bond donors (Lipinski definition) is 1. The zero-order chi connectivity index (χ0) is 19.2. The smallest absolute Gasteiger partial charge is 0.452 e. The van der Waals surface area contributed by atoms with Crippen molar-refractivity contribution in [1.82, 2.24) is 5.32 Å². The normalized spacial score (nSPS) is 12.2. The second-order valence-corrected chi connectivity index (χ2v) is 5.35. The average molecular weight is 367 g/mol. The Morgan fingerprint density at radius 2 is 1.65 bits per heavy atom. The van der Waals surface area contributed by atoms with Gasteiger partial charge in [-0.15, -0.1) is 13.2 Å². The summed E-state index contributed by atoms with van der Waals surface area (Å²) in [6.07, 6.45) is -4.81. The molecule has 26 heavy (non-hydrogen) atoms. The number of rotatable bonds is 6. The SMILES string of the molecule is C[C@H](NC(=O)COC(=O)c1ccc(OC(F)(F)F)cc1)c1ccccc1. The number of esters is 1. The molecule has 0 aliphatic heterocycles. The van der Waals surface area contributed by atoms with Crippen molar-refractivity contribution in [2.45, 2.75) is 19.3 Å². The summed E-state index contributed by atoms with van der Waals surface area (Å²) in [5.41, 5.74) is 0.899. The molecule has 138 valence electrons. The molecule has 2 aromatic carbocycles. The molecule has 1 amide bonds. The number of carbonyl (C=O) groups is 2. The summed E-state index contributed by atoms with van der Waals surface area (Å²) < 4.78 is 44.8. The van der Waals surface area contributed by atoms with Crippen LogP contribution in [0.3, 0.4) is 0 Å². The van der Waals surface area contributed by atoms with Gasteiger partial charge in [0.15, 0.2) is 6.61 Å². The van der Waals surface area contributed by atoms with Gasteiger partial charge in [0.25, 0.3) is 5.91 Å². The lowest BCUT2D eigenvalue weighted by Gasteiger charge is -2.14. The maximum atomic E-state index is 12.1. The Bertz CT molecular complexity index is 745. The lowest BCUT2D eigenvalue weighted by molar-refractivity contribution is -0.274. The zero-order valence-electron chi connectivity index (χ0n) is 13.7.